The molecule has 8 heteroatoms. The number of anilines is 1. The Balaban J connectivity index is 1.55. The number of hydrogen-bond acceptors (Lipinski definition) is 7. The predicted molar refractivity (Wildman–Crippen MR) is 144 cm³/mol. The van der Waals surface area contributed by atoms with Crippen LogP contribution in [0.25, 0.3) is 33.3 Å². The zero-order chi connectivity index (χ0) is 25.2. The van der Waals surface area contributed by atoms with Gasteiger partial charge in [-0.2, -0.15) is 0 Å². The fourth-order valence-electron chi connectivity index (χ4n) is 4.34. The average molecular weight is 477 g/mol. The van der Waals surface area contributed by atoms with Gasteiger partial charge in [0.15, 0.2) is 5.82 Å². The summed E-state index contributed by atoms with van der Waals surface area (Å²) in [6, 6.07) is 12.3. The van der Waals surface area contributed by atoms with E-state index in [4.69, 9.17) is 16.1 Å². The minimum absolute atomic E-state index is 0.176. The summed E-state index contributed by atoms with van der Waals surface area (Å²) in [5.41, 5.74) is 14.6. The van der Waals surface area contributed by atoms with Gasteiger partial charge in [0.2, 0.25) is 0 Å². The Kier molecular flexibility index (Phi) is 6.26. The summed E-state index contributed by atoms with van der Waals surface area (Å²) < 4.78 is 0. The molecule has 0 aliphatic heterocycles. The number of imidazole rings is 1. The Morgan fingerprint density at radius 2 is 1.81 bits per heavy atom. The lowest BCUT2D eigenvalue weighted by atomic mass is 9.97. The van der Waals surface area contributed by atoms with Crippen LogP contribution in [0.5, 0.6) is 0 Å². The molecule has 5 rings (SSSR count). The molecule has 0 aliphatic carbocycles. The number of nitrogens with one attached hydrogen (secondary N) is 2. The molecule has 0 saturated heterocycles. The molecule has 4 N–H and O–H groups in total. The first kappa shape index (κ1) is 23.3. The number of aryl methyl sites for hydroxylation is 1. The van der Waals surface area contributed by atoms with E-state index < -0.39 is 0 Å². The van der Waals surface area contributed by atoms with Gasteiger partial charge in [-0.1, -0.05) is 25.1 Å². The molecular weight excluding hydrogens is 448 g/mol. The van der Waals surface area contributed by atoms with Crippen molar-refractivity contribution in [2.45, 2.75) is 19.9 Å². The van der Waals surface area contributed by atoms with Crippen LogP contribution >= 0.6 is 0 Å². The number of benzene rings is 1. The van der Waals surface area contributed by atoms with Crippen molar-refractivity contribution in [3.8, 4) is 22.3 Å². The number of nitrogens with zero attached hydrogens (tertiary/aromatic N) is 5. The number of fused-ring (bicyclic) bond motifs is 1. The van der Waals surface area contributed by atoms with E-state index in [1.165, 1.54) is 11.1 Å². The van der Waals surface area contributed by atoms with Crippen LogP contribution in [0.1, 0.15) is 29.4 Å². The molecule has 0 atom stereocenters. The molecule has 0 aliphatic rings. The highest BCUT2D eigenvalue weighted by atomic mass is 15.0. The van der Waals surface area contributed by atoms with E-state index >= 15 is 0 Å². The molecule has 4 aromatic heterocycles. The first-order valence-corrected chi connectivity index (χ1v) is 11.8. The fourth-order valence-corrected chi connectivity index (χ4v) is 4.34. The lowest BCUT2D eigenvalue weighted by Gasteiger charge is -2.14. The summed E-state index contributed by atoms with van der Waals surface area (Å²) in [5.74, 6) is 0.694. The summed E-state index contributed by atoms with van der Waals surface area (Å²) in [7, 11) is 4.12. The maximum Gasteiger partial charge on any atom is 0.157 e. The summed E-state index contributed by atoms with van der Waals surface area (Å²) >= 11 is 0. The second-order valence-electron chi connectivity index (χ2n) is 9.07. The Morgan fingerprint density at radius 3 is 2.56 bits per heavy atom. The second kappa shape index (κ2) is 9.67. The predicted octanol–water partition coefficient (Wildman–Crippen LogP) is 4.70. The normalized spacial score (nSPS) is 11.3. The first-order chi connectivity index (χ1) is 17.4. The largest absolute Gasteiger partial charge is 0.383 e. The maximum absolute atomic E-state index is 8.94. The van der Waals surface area contributed by atoms with E-state index in [-0.39, 0.29) is 11.5 Å². The van der Waals surface area contributed by atoms with E-state index in [0.29, 0.717) is 11.4 Å². The van der Waals surface area contributed by atoms with Gasteiger partial charge in [-0.3, -0.25) is 15.4 Å². The topological polar surface area (TPSA) is 120 Å². The van der Waals surface area contributed by atoms with Crippen molar-refractivity contribution in [1.82, 2.24) is 29.8 Å². The highest BCUT2D eigenvalue weighted by Gasteiger charge is 2.17. The molecular formula is C28H28N8. The van der Waals surface area contributed by atoms with Gasteiger partial charge in [0, 0.05) is 53.6 Å². The second-order valence-corrected chi connectivity index (χ2v) is 9.07. The summed E-state index contributed by atoms with van der Waals surface area (Å²) in [5, 5.41) is 8.94. The van der Waals surface area contributed by atoms with Gasteiger partial charge in [0.1, 0.15) is 17.0 Å². The van der Waals surface area contributed by atoms with Crippen molar-refractivity contribution in [3.05, 3.63) is 89.9 Å². The van der Waals surface area contributed by atoms with Gasteiger partial charge in [0.25, 0.3) is 0 Å². The minimum Gasteiger partial charge on any atom is -0.383 e. The molecule has 180 valence electrons. The van der Waals surface area contributed by atoms with Crippen LogP contribution in [0.4, 0.5) is 5.82 Å². The number of aromatic nitrogens is 5. The number of H-pyrrole nitrogens is 1. The lowest BCUT2D eigenvalue weighted by molar-refractivity contribution is 0.402. The summed E-state index contributed by atoms with van der Waals surface area (Å²) in [4.78, 5) is 23.1. The molecule has 5 aromatic rings. The zero-order valence-corrected chi connectivity index (χ0v) is 20.6. The van der Waals surface area contributed by atoms with Crippen molar-refractivity contribution in [2.24, 2.45) is 0 Å². The standard InChI is InChI=1S/C28H28N8/c1-4-17-8-18(16-36(2)3)10-20(9-17)21-11-22(27(30)33-13-21)25(29)28-34-24-15-32-14-23(26(24)35-28)19-6-5-7-31-12-19/h5-15,29H,4,16H2,1-3H3,(H2,30,33)(H,34,35). The van der Waals surface area contributed by atoms with E-state index in [9.17, 15) is 0 Å². The number of rotatable bonds is 7. The van der Waals surface area contributed by atoms with Crippen LogP contribution < -0.4 is 5.73 Å². The highest BCUT2D eigenvalue weighted by Crippen LogP contribution is 2.29. The van der Waals surface area contributed by atoms with Crippen molar-refractivity contribution >= 4 is 22.6 Å². The van der Waals surface area contributed by atoms with Crippen LogP contribution in [0.15, 0.2) is 67.4 Å². The zero-order valence-electron chi connectivity index (χ0n) is 20.6. The molecule has 8 nitrogen and oxygen atoms in total. The molecule has 4 heterocycles. The van der Waals surface area contributed by atoms with E-state index in [2.05, 4.69) is 64.1 Å². The van der Waals surface area contributed by atoms with Crippen molar-refractivity contribution in [2.75, 3.05) is 19.8 Å². The molecule has 0 bridgehead atoms. The van der Waals surface area contributed by atoms with Crippen molar-refractivity contribution in [1.29, 1.82) is 5.41 Å². The maximum atomic E-state index is 8.94. The number of nitrogen functional groups attached to an aromatic ring is 1. The third-order valence-corrected chi connectivity index (χ3v) is 6.08. The van der Waals surface area contributed by atoms with Crippen LogP contribution in [0.3, 0.4) is 0 Å². The van der Waals surface area contributed by atoms with Gasteiger partial charge in [-0.15, -0.1) is 0 Å². The molecule has 0 unspecified atom stereocenters. The summed E-state index contributed by atoms with van der Waals surface area (Å²) in [6.07, 6.45) is 9.67. The Bertz CT molecular complexity index is 1550. The van der Waals surface area contributed by atoms with E-state index in [0.717, 1.165) is 46.3 Å². The summed E-state index contributed by atoms with van der Waals surface area (Å²) in [6.45, 7) is 3.00. The van der Waals surface area contributed by atoms with Crippen LogP contribution in [-0.2, 0) is 13.0 Å². The fraction of sp³-hybridized carbons (Fsp3) is 0.179. The molecule has 0 fully saturated rings. The van der Waals surface area contributed by atoms with E-state index in [1.54, 1.807) is 31.0 Å². The number of nitrogens with two attached hydrogens (primary N) is 1. The Morgan fingerprint density at radius 1 is 0.972 bits per heavy atom. The van der Waals surface area contributed by atoms with Gasteiger partial charge in [-0.05, 0) is 55.4 Å². The lowest BCUT2D eigenvalue weighted by Crippen LogP contribution is -2.11. The molecule has 0 radical (unpaired) electrons. The monoisotopic (exact) mass is 476 g/mol. The molecule has 1 aromatic carbocycles. The molecule has 0 saturated carbocycles. The average Bonchev–Trinajstić information content (AvgIpc) is 3.33. The van der Waals surface area contributed by atoms with Crippen LogP contribution in [0.2, 0.25) is 0 Å². The van der Waals surface area contributed by atoms with E-state index in [1.807, 2.05) is 18.2 Å². The molecule has 36 heavy (non-hydrogen) atoms. The SMILES string of the molecule is CCc1cc(CN(C)C)cc(-c2cnc(N)c(C(=N)c3nc4c(-c5cccnc5)cncc4[nH]3)c2)c1. The first-order valence-electron chi connectivity index (χ1n) is 11.8. The van der Waals surface area contributed by atoms with Gasteiger partial charge < -0.3 is 15.6 Å². The van der Waals surface area contributed by atoms with Gasteiger partial charge in [-0.25, -0.2) is 9.97 Å². The van der Waals surface area contributed by atoms with Crippen molar-refractivity contribution in [3.63, 3.8) is 0 Å². The Hall–Kier alpha value is -4.43. The quantitative estimate of drug-likeness (QED) is 0.293. The Labute approximate surface area is 209 Å². The molecule has 0 spiro atoms. The third-order valence-electron chi connectivity index (χ3n) is 6.08. The third kappa shape index (κ3) is 4.58. The van der Waals surface area contributed by atoms with Gasteiger partial charge in [0.05, 0.1) is 11.7 Å². The van der Waals surface area contributed by atoms with Gasteiger partial charge >= 0.3 is 0 Å². The number of hydrogen-bond donors (Lipinski definition) is 3. The highest BCUT2D eigenvalue weighted by molar-refractivity contribution is 6.13. The minimum atomic E-state index is 0.176. The number of pyridine rings is 3. The van der Waals surface area contributed by atoms with Crippen LogP contribution in [-0.4, -0.2) is 49.6 Å². The smallest absolute Gasteiger partial charge is 0.157 e. The number of aromatic amines is 1. The van der Waals surface area contributed by atoms with Crippen LogP contribution in [0, 0.1) is 5.41 Å². The molecule has 0 amide bonds. The van der Waals surface area contributed by atoms with Crippen molar-refractivity contribution < 1.29 is 0 Å².